The number of hydrogen-bond donors (Lipinski definition) is 2. The highest BCUT2D eigenvalue weighted by Gasteiger charge is 2.24. The summed E-state index contributed by atoms with van der Waals surface area (Å²) in [5.41, 5.74) is 5.98. The molecule has 1 unspecified atom stereocenters. The fourth-order valence-corrected chi connectivity index (χ4v) is 4.19. The number of aromatic nitrogens is 2. The highest BCUT2D eigenvalue weighted by atomic mass is 16.2. The van der Waals surface area contributed by atoms with Gasteiger partial charge in [0.1, 0.15) is 0 Å². The van der Waals surface area contributed by atoms with Gasteiger partial charge in [-0.2, -0.15) is 0 Å². The SMILES string of the molecule is CC1=C(c2ccc(C(=O)NCC3CC3)cn2)CC(C(=O)Nc2cccc(-c3ccccn3)c2)C=C1. The monoisotopic (exact) mass is 464 g/mol. The molecule has 0 radical (unpaired) electrons. The van der Waals surface area contributed by atoms with Crippen molar-refractivity contribution in [3.05, 3.63) is 96.0 Å². The van der Waals surface area contributed by atoms with E-state index in [4.69, 9.17) is 0 Å². The summed E-state index contributed by atoms with van der Waals surface area (Å²) in [5, 5.41) is 6.02. The van der Waals surface area contributed by atoms with Gasteiger partial charge in [0.2, 0.25) is 5.91 Å². The molecule has 1 atom stereocenters. The van der Waals surface area contributed by atoms with Crippen LogP contribution in [-0.2, 0) is 4.79 Å². The minimum Gasteiger partial charge on any atom is -0.352 e. The van der Waals surface area contributed by atoms with Gasteiger partial charge in [0, 0.05) is 30.2 Å². The number of nitrogens with one attached hydrogen (secondary N) is 2. The molecule has 0 bridgehead atoms. The molecule has 2 heterocycles. The van der Waals surface area contributed by atoms with Gasteiger partial charge in [0.25, 0.3) is 5.91 Å². The number of anilines is 1. The van der Waals surface area contributed by atoms with Crippen LogP contribution < -0.4 is 10.6 Å². The van der Waals surface area contributed by atoms with Gasteiger partial charge in [-0.05, 0) is 79.6 Å². The first kappa shape index (κ1) is 22.7. The van der Waals surface area contributed by atoms with Gasteiger partial charge in [-0.15, -0.1) is 0 Å². The van der Waals surface area contributed by atoms with Crippen molar-refractivity contribution >= 4 is 23.1 Å². The molecule has 5 rings (SSSR count). The Morgan fingerprint density at radius 2 is 1.89 bits per heavy atom. The maximum atomic E-state index is 13.1. The van der Waals surface area contributed by atoms with Gasteiger partial charge >= 0.3 is 0 Å². The van der Waals surface area contributed by atoms with Gasteiger partial charge < -0.3 is 10.6 Å². The second-order valence-electron chi connectivity index (χ2n) is 9.20. The number of nitrogens with zero attached hydrogens (tertiary/aromatic N) is 2. The molecule has 6 heteroatoms. The van der Waals surface area contributed by atoms with Crippen LogP contribution in [0.1, 0.15) is 42.2 Å². The van der Waals surface area contributed by atoms with Crippen LogP contribution >= 0.6 is 0 Å². The van der Waals surface area contributed by atoms with E-state index in [0.717, 1.165) is 40.3 Å². The van der Waals surface area contributed by atoms with Crippen LogP contribution in [0, 0.1) is 11.8 Å². The van der Waals surface area contributed by atoms with Crippen molar-refractivity contribution in [2.24, 2.45) is 11.8 Å². The Balaban J connectivity index is 1.25. The largest absolute Gasteiger partial charge is 0.352 e. The van der Waals surface area contributed by atoms with Crippen LogP contribution in [0.15, 0.2) is 84.7 Å². The van der Waals surface area contributed by atoms with Crippen molar-refractivity contribution in [3.63, 3.8) is 0 Å². The molecule has 0 aliphatic heterocycles. The molecule has 2 amide bonds. The number of pyridine rings is 2. The summed E-state index contributed by atoms with van der Waals surface area (Å²) < 4.78 is 0. The van der Waals surface area contributed by atoms with Gasteiger partial charge in [-0.25, -0.2) is 0 Å². The summed E-state index contributed by atoms with van der Waals surface area (Å²) in [6.07, 6.45) is 10.2. The first-order valence-corrected chi connectivity index (χ1v) is 12.0. The molecule has 1 saturated carbocycles. The molecule has 35 heavy (non-hydrogen) atoms. The quantitative estimate of drug-likeness (QED) is 0.499. The summed E-state index contributed by atoms with van der Waals surface area (Å²) in [7, 11) is 0. The maximum absolute atomic E-state index is 13.1. The van der Waals surface area contributed by atoms with E-state index in [9.17, 15) is 9.59 Å². The van der Waals surface area contributed by atoms with Crippen LogP contribution in [0.3, 0.4) is 0 Å². The highest BCUT2D eigenvalue weighted by Crippen LogP contribution is 2.32. The van der Waals surface area contributed by atoms with Crippen molar-refractivity contribution in [2.75, 3.05) is 11.9 Å². The molecule has 2 aromatic heterocycles. The zero-order valence-corrected chi connectivity index (χ0v) is 19.7. The summed E-state index contributed by atoms with van der Waals surface area (Å²) in [6, 6.07) is 17.1. The van der Waals surface area contributed by atoms with E-state index in [-0.39, 0.29) is 17.7 Å². The number of hydrogen-bond acceptors (Lipinski definition) is 4. The van der Waals surface area contributed by atoms with Crippen LogP contribution in [0.4, 0.5) is 5.69 Å². The Hall–Kier alpha value is -4.06. The highest BCUT2D eigenvalue weighted by molar-refractivity contribution is 5.96. The summed E-state index contributed by atoms with van der Waals surface area (Å²) >= 11 is 0. The fourth-order valence-electron chi connectivity index (χ4n) is 4.19. The van der Waals surface area contributed by atoms with Crippen molar-refractivity contribution in [2.45, 2.75) is 26.2 Å². The Kier molecular flexibility index (Phi) is 6.53. The molecular formula is C29H28N4O2. The van der Waals surface area contributed by atoms with E-state index in [1.807, 2.05) is 67.6 Å². The topological polar surface area (TPSA) is 84.0 Å². The van der Waals surface area contributed by atoms with Crippen LogP contribution in [-0.4, -0.2) is 28.3 Å². The predicted octanol–water partition coefficient (Wildman–Crippen LogP) is 5.27. The average molecular weight is 465 g/mol. The summed E-state index contributed by atoms with van der Waals surface area (Å²) in [5.74, 6) is 0.167. The van der Waals surface area contributed by atoms with E-state index in [1.54, 1.807) is 18.5 Å². The number of amides is 2. The van der Waals surface area contributed by atoms with Gasteiger partial charge in [-0.3, -0.25) is 19.6 Å². The first-order chi connectivity index (χ1) is 17.1. The van der Waals surface area contributed by atoms with Crippen molar-refractivity contribution in [1.29, 1.82) is 0 Å². The Morgan fingerprint density at radius 3 is 2.63 bits per heavy atom. The summed E-state index contributed by atoms with van der Waals surface area (Å²) in [6.45, 7) is 2.76. The second kappa shape index (κ2) is 10.1. The van der Waals surface area contributed by atoms with Crippen LogP contribution in [0.25, 0.3) is 16.8 Å². The minimum atomic E-state index is -0.310. The van der Waals surface area contributed by atoms with Gasteiger partial charge in [0.05, 0.1) is 22.9 Å². The standard InChI is InChI=1S/C29H28N4O2/c1-19-8-11-22(29(35)33-24-6-4-5-21(15-24)26-7-2-3-14-30-26)16-25(19)27-13-12-23(18-31-27)28(34)32-17-20-9-10-20/h2-8,11-15,18,20,22H,9-10,16-17H2,1H3,(H,32,34)(H,33,35). The molecule has 0 spiro atoms. The molecule has 3 aromatic rings. The van der Waals surface area contributed by atoms with E-state index in [1.165, 1.54) is 12.8 Å². The van der Waals surface area contributed by atoms with E-state index in [0.29, 0.717) is 17.9 Å². The number of carbonyl (C=O) groups excluding carboxylic acids is 2. The average Bonchev–Trinajstić information content (AvgIpc) is 3.73. The van der Waals surface area contributed by atoms with Crippen LogP contribution in [0.5, 0.6) is 0 Å². The normalized spacial score (nSPS) is 17.2. The third-order valence-corrected chi connectivity index (χ3v) is 6.49. The molecular weight excluding hydrogens is 436 g/mol. The van der Waals surface area contributed by atoms with E-state index < -0.39 is 0 Å². The zero-order chi connectivity index (χ0) is 24.2. The summed E-state index contributed by atoms with van der Waals surface area (Å²) in [4.78, 5) is 34.4. The van der Waals surface area contributed by atoms with Crippen molar-refractivity contribution in [1.82, 2.24) is 15.3 Å². The lowest BCUT2D eigenvalue weighted by Crippen LogP contribution is -2.25. The van der Waals surface area contributed by atoms with Crippen LogP contribution in [0.2, 0.25) is 0 Å². The third kappa shape index (κ3) is 5.54. The lowest BCUT2D eigenvalue weighted by atomic mass is 9.87. The fraction of sp³-hybridized carbons (Fsp3) is 0.241. The van der Waals surface area contributed by atoms with E-state index in [2.05, 4.69) is 20.6 Å². The Labute approximate surface area is 205 Å². The van der Waals surface area contributed by atoms with Crippen molar-refractivity contribution < 1.29 is 9.59 Å². The molecule has 2 aliphatic rings. The minimum absolute atomic E-state index is 0.0690. The number of carbonyl (C=O) groups is 2. The zero-order valence-electron chi connectivity index (χ0n) is 19.7. The third-order valence-electron chi connectivity index (χ3n) is 6.49. The molecule has 176 valence electrons. The first-order valence-electron chi connectivity index (χ1n) is 12.0. The molecule has 2 N–H and O–H groups in total. The second-order valence-corrected chi connectivity index (χ2v) is 9.20. The molecule has 0 saturated heterocycles. The molecule has 1 aromatic carbocycles. The van der Waals surface area contributed by atoms with Gasteiger partial charge in [-0.1, -0.05) is 30.4 Å². The van der Waals surface area contributed by atoms with Crippen molar-refractivity contribution in [3.8, 4) is 11.3 Å². The van der Waals surface area contributed by atoms with E-state index >= 15 is 0 Å². The molecule has 6 nitrogen and oxygen atoms in total. The Bertz CT molecular complexity index is 1290. The predicted molar refractivity (Wildman–Crippen MR) is 137 cm³/mol. The molecule has 2 aliphatic carbocycles. The maximum Gasteiger partial charge on any atom is 0.252 e. The lowest BCUT2D eigenvalue weighted by molar-refractivity contribution is -0.118. The smallest absolute Gasteiger partial charge is 0.252 e. The van der Waals surface area contributed by atoms with Gasteiger partial charge in [0.15, 0.2) is 0 Å². The number of allylic oxidation sites excluding steroid dienone is 3. The Morgan fingerprint density at radius 1 is 1.00 bits per heavy atom. The number of rotatable bonds is 7. The molecule has 1 fully saturated rings. The lowest BCUT2D eigenvalue weighted by Gasteiger charge is -2.21. The number of benzene rings is 1.